The van der Waals surface area contributed by atoms with Crippen LogP contribution in [0.3, 0.4) is 0 Å². The quantitative estimate of drug-likeness (QED) is 0.730. The molecule has 0 amide bonds. The van der Waals surface area contributed by atoms with Crippen molar-refractivity contribution in [3.8, 4) is 0 Å². The fourth-order valence-electron chi connectivity index (χ4n) is 2.68. The van der Waals surface area contributed by atoms with E-state index in [1.54, 1.807) is 0 Å². The number of hydrogen-bond donors (Lipinski definition) is 2. The molecule has 0 radical (unpaired) electrons. The van der Waals surface area contributed by atoms with E-state index in [-0.39, 0.29) is 5.75 Å². The molecule has 4 nitrogen and oxygen atoms in total. The van der Waals surface area contributed by atoms with Gasteiger partial charge in [0.25, 0.3) is 0 Å². The summed E-state index contributed by atoms with van der Waals surface area (Å²) in [6, 6.07) is 15.4. The van der Waals surface area contributed by atoms with Crippen molar-refractivity contribution in [3.63, 3.8) is 0 Å². The normalized spacial score (nSPS) is 11.9. The zero-order valence-corrected chi connectivity index (χ0v) is 13.9. The third-order valence-corrected chi connectivity index (χ3v) is 5.20. The first kappa shape index (κ1) is 15.8. The molecular formula is C18H20N2O2S. The Balaban J connectivity index is 1.63. The molecule has 3 rings (SSSR count). The topological polar surface area (TPSA) is 62.0 Å². The van der Waals surface area contributed by atoms with Crippen molar-refractivity contribution in [3.05, 3.63) is 71.4 Å². The second-order valence-corrected chi connectivity index (χ2v) is 7.56. The van der Waals surface area contributed by atoms with Crippen molar-refractivity contribution < 1.29 is 8.42 Å². The van der Waals surface area contributed by atoms with Crippen LogP contribution in [0.1, 0.15) is 16.7 Å². The number of nitrogens with one attached hydrogen (secondary N) is 2. The Bertz CT molecular complexity index is 899. The van der Waals surface area contributed by atoms with Crippen LogP contribution in [-0.2, 0) is 22.2 Å². The van der Waals surface area contributed by atoms with Gasteiger partial charge in [-0.2, -0.15) is 0 Å². The number of rotatable bonds is 6. The highest BCUT2D eigenvalue weighted by molar-refractivity contribution is 7.88. The average Bonchev–Trinajstić information content (AvgIpc) is 2.90. The highest BCUT2D eigenvalue weighted by Crippen LogP contribution is 2.20. The predicted octanol–water partition coefficient (Wildman–Crippen LogP) is 3.14. The summed E-state index contributed by atoms with van der Waals surface area (Å²) in [5.74, 6) is 0.0147. The Kier molecular flexibility index (Phi) is 4.50. The number of aryl methyl sites for hydroxylation is 1. The van der Waals surface area contributed by atoms with Crippen LogP contribution in [0.5, 0.6) is 0 Å². The summed E-state index contributed by atoms with van der Waals surface area (Å²) in [5, 5.41) is 1.16. The molecule has 0 fully saturated rings. The molecular weight excluding hydrogens is 308 g/mol. The van der Waals surface area contributed by atoms with E-state index < -0.39 is 10.0 Å². The average molecular weight is 328 g/mol. The first-order valence-corrected chi connectivity index (χ1v) is 9.27. The van der Waals surface area contributed by atoms with Crippen LogP contribution in [0.25, 0.3) is 10.9 Å². The van der Waals surface area contributed by atoms with Crippen molar-refractivity contribution >= 4 is 20.9 Å². The lowest BCUT2D eigenvalue weighted by molar-refractivity contribution is 0.581. The van der Waals surface area contributed by atoms with E-state index in [4.69, 9.17) is 0 Å². The molecule has 0 unspecified atom stereocenters. The van der Waals surface area contributed by atoms with E-state index in [0.717, 1.165) is 22.0 Å². The molecule has 1 heterocycles. The van der Waals surface area contributed by atoms with Gasteiger partial charge >= 0.3 is 0 Å². The van der Waals surface area contributed by atoms with Gasteiger partial charge in [0.1, 0.15) is 0 Å². The number of benzene rings is 2. The van der Waals surface area contributed by atoms with Crippen LogP contribution in [0.4, 0.5) is 0 Å². The van der Waals surface area contributed by atoms with Gasteiger partial charge in [0.15, 0.2) is 0 Å². The molecule has 1 aromatic heterocycles. The van der Waals surface area contributed by atoms with Crippen molar-refractivity contribution in [2.24, 2.45) is 0 Å². The number of aromatic amines is 1. The Hall–Kier alpha value is -2.11. The molecule has 23 heavy (non-hydrogen) atoms. The second-order valence-electron chi connectivity index (χ2n) is 5.75. The van der Waals surface area contributed by atoms with Gasteiger partial charge in [0.2, 0.25) is 10.0 Å². The number of fused-ring (bicyclic) bond motifs is 1. The Morgan fingerprint density at radius 1 is 1.09 bits per heavy atom. The monoisotopic (exact) mass is 328 g/mol. The van der Waals surface area contributed by atoms with Gasteiger partial charge in [-0.3, -0.25) is 0 Å². The van der Waals surface area contributed by atoms with E-state index in [1.165, 1.54) is 5.56 Å². The van der Waals surface area contributed by atoms with Crippen LogP contribution in [0, 0.1) is 6.92 Å². The Labute approximate surface area is 136 Å². The molecule has 0 saturated carbocycles. The van der Waals surface area contributed by atoms with Crippen LogP contribution >= 0.6 is 0 Å². The molecule has 0 bridgehead atoms. The lowest BCUT2D eigenvalue weighted by atomic mass is 10.1. The highest BCUT2D eigenvalue weighted by atomic mass is 32.2. The van der Waals surface area contributed by atoms with E-state index >= 15 is 0 Å². The maximum Gasteiger partial charge on any atom is 0.215 e. The van der Waals surface area contributed by atoms with Crippen molar-refractivity contribution in [2.75, 3.05) is 6.54 Å². The number of hydrogen-bond acceptors (Lipinski definition) is 2. The predicted molar refractivity (Wildman–Crippen MR) is 93.8 cm³/mol. The summed E-state index contributed by atoms with van der Waals surface area (Å²) in [7, 11) is -3.31. The summed E-state index contributed by atoms with van der Waals surface area (Å²) >= 11 is 0. The molecule has 3 aromatic rings. The Morgan fingerprint density at radius 3 is 2.65 bits per heavy atom. The maximum atomic E-state index is 12.1. The smallest absolute Gasteiger partial charge is 0.215 e. The van der Waals surface area contributed by atoms with Gasteiger partial charge in [-0.15, -0.1) is 0 Å². The highest BCUT2D eigenvalue weighted by Gasteiger charge is 2.11. The molecule has 0 atom stereocenters. The van der Waals surface area contributed by atoms with Gasteiger partial charge in [0.05, 0.1) is 5.75 Å². The molecule has 0 aliphatic heterocycles. The van der Waals surface area contributed by atoms with Crippen molar-refractivity contribution in [1.29, 1.82) is 0 Å². The molecule has 0 aliphatic carbocycles. The van der Waals surface area contributed by atoms with Crippen LogP contribution in [-0.4, -0.2) is 19.9 Å². The first-order valence-electron chi connectivity index (χ1n) is 7.61. The van der Waals surface area contributed by atoms with Gasteiger partial charge in [0, 0.05) is 23.6 Å². The largest absolute Gasteiger partial charge is 0.361 e. The standard InChI is InChI=1S/C18H20N2O2S/c1-14-7-8-18-17(11-14)16(12-19-18)9-10-20-23(21,22)13-15-5-3-2-4-6-15/h2-8,11-12,19-20H,9-10,13H2,1H3. The minimum Gasteiger partial charge on any atom is -0.361 e. The maximum absolute atomic E-state index is 12.1. The summed E-state index contributed by atoms with van der Waals surface area (Å²) < 4.78 is 26.9. The first-order chi connectivity index (χ1) is 11.0. The SMILES string of the molecule is Cc1ccc2[nH]cc(CCNS(=O)(=O)Cc3ccccc3)c2c1. The van der Waals surface area contributed by atoms with E-state index in [2.05, 4.69) is 28.8 Å². The van der Waals surface area contributed by atoms with Gasteiger partial charge < -0.3 is 4.98 Å². The van der Waals surface area contributed by atoms with Crippen molar-refractivity contribution in [1.82, 2.24) is 9.71 Å². The molecule has 0 saturated heterocycles. The molecule has 120 valence electrons. The summed E-state index contributed by atoms with van der Waals surface area (Å²) in [5.41, 5.74) is 4.20. The minimum absolute atomic E-state index is 0.0147. The van der Waals surface area contributed by atoms with Gasteiger partial charge in [-0.05, 0) is 36.6 Å². The fraction of sp³-hybridized carbons (Fsp3) is 0.222. The van der Waals surface area contributed by atoms with Gasteiger partial charge in [-0.1, -0.05) is 42.0 Å². The Morgan fingerprint density at radius 2 is 1.87 bits per heavy atom. The molecule has 0 aliphatic rings. The summed E-state index contributed by atoms with van der Waals surface area (Å²) in [6.45, 7) is 2.45. The molecule has 2 aromatic carbocycles. The van der Waals surface area contributed by atoms with E-state index in [9.17, 15) is 8.42 Å². The zero-order chi connectivity index (χ0) is 16.3. The fourth-order valence-corrected chi connectivity index (χ4v) is 3.83. The second kappa shape index (κ2) is 6.56. The minimum atomic E-state index is -3.31. The van der Waals surface area contributed by atoms with Gasteiger partial charge in [-0.25, -0.2) is 13.1 Å². The third-order valence-electron chi connectivity index (χ3n) is 3.84. The number of sulfonamides is 1. The third kappa shape index (κ3) is 4.00. The van der Waals surface area contributed by atoms with Crippen molar-refractivity contribution in [2.45, 2.75) is 19.1 Å². The zero-order valence-electron chi connectivity index (χ0n) is 13.0. The summed E-state index contributed by atoms with van der Waals surface area (Å²) in [4.78, 5) is 3.23. The summed E-state index contributed by atoms with van der Waals surface area (Å²) in [6.07, 6.45) is 2.62. The van der Waals surface area contributed by atoms with Crippen LogP contribution < -0.4 is 4.72 Å². The number of aromatic nitrogens is 1. The van der Waals surface area contributed by atoms with Crippen LogP contribution in [0.2, 0.25) is 0 Å². The lowest BCUT2D eigenvalue weighted by Crippen LogP contribution is -2.27. The molecule has 2 N–H and O–H groups in total. The number of H-pyrrole nitrogens is 1. The van der Waals surface area contributed by atoms with Crippen LogP contribution in [0.15, 0.2) is 54.7 Å². The molecule has 5 heteroatoms. The van der Waals surface area contributed by atoms with E-state index in [0.29, 0.717) is 13.0 Å². The lowest BCUT2D eigenvalue weighted by Gasteiger charge is -2.06. The molecule has 0 spiro atoms. The van der Waals surface area contributed by atoms with E-state index in [1.807, 2.05) is 42.6 Å².